The van der Waals surface area contributed by atoms with E-state index >= 15 is 0 Å². The molecule has 0 spiro atoms. The van der Waals surface area contributed by atoms with Gasteiger partial charge in [-0.2, -0.15) is 0 Å². The van der Waals surface area contributed by atoms with Crippen molar-refractivity contribution >= 4 is 17.8 Å². The Bertz CT molecular complexity index is 980. The smallest absolute Gasteiger partial charge is 0.231 e. The molecule has 1 aliphatic carbocycles. The average Bonchev–Trinajstić information content (AvgIpc) is 3.29. The van der Waals surface area contributed by atoms with Gasteiger partial charge in [-0.15, -0.1) is 0 Å². The molecule has 1 aromatic carbocycles. The summed E-state index contributed by atoms with van der Waals surface area (Å²) in [6.45, 7) is 12.8. The van der Waals surface area contributed by atoms with Gasteiger partial charge in [-0.05, 0) is 44.1 Å². The number of fused-ring (bicyclic) bond motifs is 1. The zero-order chi connectivity index (χ0) is 24.2. The van der Waals surface area contributed by atoms with Gasteiger partial charge in [0.1, 0.15) is 11.4 Å². The molecular weight excluding hydrogens is 416 g/mol. The molecule has 4 rings (SSSR count). The number of nitrogens with two attached hydrogens (primary N) is 1. The van der Waals surface area contributed by atoms with E-state index in [0.29, 0.717) is 19.4 Å². The highest BCUT2D eigenvalue weighted by Crippen LogP contribution is 2.59. The van der Waals surface area contributed by atoms with Crippen molar-refractivity contribution in [3.05, 3.63) is 29.8 Å². The lowest BCUT2D eigenvalue weighted by molar-refractivity contribution is -0.130. The van der Waals surface area contributed by atoms with Crippen molar-refractivity contribution in [2.24, 2.45) is 28.0 Å². The third kappa shape index (κ3) is 4.22. The van der Waals surface area contributed by atoms with Crippen molar-refractivity contribution in [3.8, 4) is 5.75 Å². The van der Waals surface area contributed by atoms with Gasteiger partial charge in [-0.3, -0.25) is 14.5 Å². The number of hydrogen-bond acceptors (Lipinski definition) is 5. The topological polar surface area (TPSA) is 97.0 Å². The molecule has 2 aliphatic heterocycles. The molecule has 1 fully saturated rings. The highest BCUT2D eigenvalue weighted by atomic mass is 16.5. The fourth-order valence-corrected chi connectivity index (χ4v) is 5.70. The highest BCUT2D eigenvalue weighted by molar-refractivity contribution is 5.99. The van der Waals surface area contributed by atoms with Crippen LogP contribution in [0.3, 0.4) is 0 Å². The minimum absolute atomic E-state index is 0.00756. The van der Waals surface area contributed by atoms with Gasteiger partial charge in [0.2, 0.25) is 11.8 Å². The minimum atomic E-state index is -0.392. The predicted octanol–water partition coefficient (Wildman–Crippen LogP) is 3.78. The van der Waals surface area contributed by atoms with E-state index in [9.17, 15) is 9.59 Å². The third-order valence-corrected chi connectivity index (χ3v) is 8.13. The molecule has 1 saturated carbocycles. The maximum absolute atomic E-state index is 13.4. The van der Waals surface area contributed by atoms with Gasteiger partial charge in [0, 0.05) is 24.4 Å². The monoisotopic (exact) mass is 454 g/mol. The Hall–Kier alpha value is -2.57. The van der Waals surface area contributed by atoms with Crippen LogP contribution in [0.15, 0.2) is 29.3 Å². The molecule has 0 radical (unpaired) electrons. The van der Waals surface area contributed by atoms with Gasteiger partial charge in [0.05, 0.1) is 18.0 Å². The van der Waals surface area contributed by atoms with Gasteiger partial charge >= 0.3 is 0 Å². The van der Waals surface area contributed by atoms with Crippen LogP contribution in [-0.4, -0.2) is 40.4 Å². The molecule has 0 bridgehead atoms. The first kappa shape index (κ1) is 23.6. The maximum Gasteiger partial charge on any atom is 0.231 e. The fourth-order valence-electron chi connectivity index (χ4n) is 5.70. The van der Waals surface area contributed by atoms with Crippen LogP contribution in [0, 0.1) is 17.3 Å². The summed E-state index contributed by atoms with van der Waals surface area (Å²) in [6, 6.07) is 7.79. The lowest BCUT2D eigenvalue weighted by Gasteiger charge is -2.38. The van der Waals surface area contributed by atoms with Crippen LogP contribution in [0.1, 0.15) is 78.8 Å². The molecule has 2 amide bonds. The van der Waals surface area contributed by atoms with Crippen LogP contribution in [0.2, 0.25) is 0 Å². The van der Waals surface area contributed by atoms with E-state index in [0.717, 1.165) is 24.2 Å². The normalized spacial score (nSPS) is 28.9. The van der Waals surface area contributed by atoms with Crippen molar-refractivity contribution in [1.29, 1.82) is 0 Å². The number of ether oxygens (including phenoxy) is 1. The molecule has 7 heteroatoms. The van der Waals surface area contributed by atoms with Crippen molar-refractivity contribution in [2.75, 3.05) is 6.54 Å². The summed E-state index contributed by atoms with van der Waals surface area (Å²) in [5.41, 5.74) is 6.30. The Morgan fingerprint density at radius 2 is 1.88 bits per heavy atom. The van der Waals surface area contributed by atoms with Crippen LogP contribution >= 0.6 is 0 Å². The van der Waals surface area contributed by atoms with Crippen molar-refractivity contribution in [1.82, 2.24) is 10.2 Å². The summed E-state index contributed by atoms with van der Waals surface area (Å²) in [4.78, 5) is 32.7. The molecule has 1 aromatic rings. The van der Waals surface area contributed by atoms with Crippen LogP contribution in [0.25, 0.3) is 0 Å². The summed E-state index contributed by atoms with van der Waals surface area (Å²) < 4.78 is 6.11. The molecule has 3 N–H and O–H groups in total. The molecule has 7 nitrogen and oxygen atoms in total. The Morgan fingerprint density at radius 3 is 2.52 bits per heavy atom. The van der Waals surface area contributed by atoms with Crippen molar-refractivity contribution in [3.63, 3.8) is 0 Å². The molecule has 0 aromatic heterocycles. The van der Waals surface area contributed by atoms with Crippen LogP contribution in [0.5, 0.6) is 5.75 Å². The van der Waals surface area contributed by atoms with Gasteiger partial charge in [0.25, 0.3) is 0 Å². The predicted molar refractivity (Wildman–Crippen MR) is 129 cm³/mol. The lowest BCUT2D eigenvalue weighted by Crippen LogP contribution is -2.52. The van der Waals surface area contributed by atoms with E-state index in [4.69, 9.17) is 15.5 Å². The Kier molecular flexibility index (Phi) is 5.74. The number of benzene rings is 1. The molecule has 180 valence electrons. The molecule has 33 heavy (non-hydrogen) atoms. The largest absolute Gasteiger partial charge is 0.487 e. The summed E-state index contributed by atoms with van der Waals surface area (Å²) in [7, 11) is 0. The second-order valence-electron chi connectivity index (χ2n) is 11.2. The number of nitrogens with one attached hydrogen (secondary N) is 1. The molecule has 3 unspecified atom stereocenters. The molecule has 0 saturated heterocycles. The first-order valence-electron chi connectivity index (χ1n) is 12.2. The number of aliphatic imine (C=N–C) groups is 1. The van der Waals surface area contributed by atoms with Gasteiger partial charge in [0.15, 0.2) is 5.96 Å². The first-order valence-corrected chi connectivity index (χ1v) is 12.2. The van der Waals surface area contributed by atoms with E-state index in [1.54, 1.807) is 4.90 Å². The minimum Gasteiger partial charge on any atom is -0.487 e. The van der Waals surface area contributed by atoms with E-state index in [-0.39, 0.29) is 46.7 Å². The number of amides is 2. The molecule has 2 heterocycles. The Balaban J connectivity index is 1.48. The first-order chi connectivity index (χ1) is 15.4. The van der Waals surface area contributed by atoms with Gasteiger partial charge in [-0.1, -0.05) is 45.9 Å². The fraction of sp³-hybridized carbons (Fsp3) is 0.654. The number of rotatable bonds is 6. The average molecular weight is 455 g/mol. The van der Waals surface area contributed by atoms with Crippen LogP contribution in [0.4, 0.5) is 0 Å². The van der Waals surface area contributed by atoms with Crippen molar-refractivity contribution < 1.29 is 14.3 Å². The summed E-state index contributed by atoms with van der Waals surface area (Å²) in [5, 5.41) is 3.29. The van der Waals surface area contributed by atoms with E-state index in [1.165, 1.54) is 0 Å². The Labute approximate surface area is 197 Å². The quantitative estimate of drug-likeness (QED) is 0.683. The van der Waals surface area contributed by atoms with E-state index < -0.39 is 5.54 Å². The molecule has 3 aliphatic rings. The SMILES string of the molecule is CCC1(CC)CC(=O)N(CC2C(C(=O)NC3CC(C)(C)Oc4ccccc43)C2(C)C)C(N)=N1. The summed E-state index contributed by atoms with van der Waals surface area (Å²) in [6.07, 6.45) is 2.64. The summed E-state index contributed by atoms with van der Waals surface area (Å²) in [5.74, 6) is 1.00. The maximum atomic E-state index is 13.4. The number of carbonyl (C=O) groups is 2. The Morgan fingerprint density at radius 1 is 1.21 bits per heavy atom. The number of guanidine groups is 1. The zero-order valence-electron chi connectivity index (χ0n) is 20.8. The molecule has 3 atom stereocenters. The zero-order valence-corrected chi connectivity index (χ0v) is 20.8. The summed E-state index contributed by atoms with van der Waals surface area (Å²) >= 11 is 0. The van der Waals surface area contributed by atoms with Crippen LogP contribution in [-0.2, 0) is 9.59 Å². The van der Waals surface area contributed by atoms with Crippen molar-refractivity contribution in [2.45, 2.75) is 84.4 Å². The number of carbonyl (C=O) groups excluding carboxylic acids is 2. The van der Waals surface area contributed by atoms with Crippen LogP contribution < -0.4 is 15.8 Å². The standard InChI is InChI=1S/C26H38N4O3/c1-7-26(8-2)14-20(31)30(23(27)29-26)15-17-21(25(17,5)6)22(32)28-18-13-24(3,4)33-19-12-10-9-11-16(18)19/h9-12,17-18,21H,7-8,13-15H2,1-6H3,(H2,27,29)(H,28,32). The number of nitrogens with zero attached hydrogens (tertiary/aromatic N) is 2. The molecular formula is C26H38N4O3. The second kappa shape index (κ2) is 8.03. The van der Waals surface area contributed by atoms with E-state index in [2.05, 4.69) is 19.2 Å². The van der Waals surface area contributed by atoms with Gasteiger partial charge < -0.3 is 15.8 Å². The number of para-hydroxylation sites is 1. The van der Waals surface area contributed by atoms with Gasteiger partial charge in [-0.25, -0.2) is 4.99 Å². The number of hydrogen-bond donors (Lipinski definition) is 2. The highest BCUT2D eigenvalue weighted by Gasteiger charge is 2.62. The lowest BCUT2D eigenvalue weighted by atomic mass is 9.88. The van der Waals surface area contributed by atoms with E-state index in [1.807, 2.05) is 52.0 Å². The third-order valence-electron chi connectivity index (χ3n) is 8.13. The second-order valence-corrected chi connectivity index (χ2v) is 11.2.